The minimum Gasteiger partial charge on any atom is -0.468 e. The van der Waals surface area contributed by atoms with Crippen molar-refractivity contribution in [1.29, 1.82) is 0 Å². The van der Waals surface area contributed by atoms with Crippen LogP contribution in [-0.4, -0.2) is 37.2 Å². The Hall–Kier alpha value is -0.460. The van der Waals surface area contributed by atoms with Crippen molar-refractivity contribution in [3.63, 3.8) is 0 Å². The highest BCUT2D eigenvalue weighted by molar-refractivity contribution is 7.54. The van der Waals surface area contributed by atoms with Crippen LogP contribution in [0.2, 0.25) is 0 Å². The molecule has 1 unspecified atom stereocenters. The Kier molecular flexibility index (Phi) is 10.9. The summed E-state index contributed by atoms with van der Waals surface area (Å²) in [6.07, 6.45) is 2.45. The zero-order valence-electron chi connectivity index (χ0n) is 9.76. The monoisotopic (exact) mass is 255 g/mol. The van der Waals surface area contributed by atoms with Gasteiger partial charge in [0.2, 0.25) is 0 Å². The number of rotatable bonds is 5. The van der Waals surface area contributed by atoms with E-state index >= 15 is 0 Å². The Bertz CT molecular complexity index is 223. The first-order valence-electron chi connectivity index (χ1n) is 4.84. The van der Waals surface area contributed by atoms with Crippen molar-refractivity contribution >= 4 is 13.5 Å². The molecule has 7 nitrogen and oxygen atoms in total. The fourth-order valence-corrected chi connectivity index (χ4v) is 0.778. The van der Waals surface area contributed by atoms with Gasteiger partial charge in [-0.1, -0.05) is 6.42 Å². The maximum atomic E-state index is 10.7. The zero-order valence-corrected chi connectivity index (χ0v) is 10.7. The Morgan fingerprint density at radius 2 is 1.94 bits per heavy atom. The van der Waals surface area contributed by atoms with Gasteiger partial charge in [0.25, 0.3) is 7.52 Å². The number of carbonyl (C=O) groups excluding carboxylic acids is 1. The average molecular weight is 255 g/mol. The molecule has 0 saturated heterocycles. The lowest BCUT2D eigenvalue weighted by Gasteiger charge is -2.07. The Labute approximate surface area is 95.8 Å². The number of unbranched alkanes of at least 4 members (excludes halogenated alkanes) is 1. The summed E-state index contributed by atoms with van der Waals surface area (Å²) in [5, 5.41) is 0. The number of nitrogens with two attached hydrogens (primary N) is 3. The first-order valence-corrected chi connectivity index (χ1v) is 7.02. The third kappa shape index (κ3) is 19.2. The van der Waals surface area contributed by atoms with E-state index < -0.39 is 13.6 Å². The number of carbonyl (C=O) groups is 1. The van der Waals surface area contributed by atoms with Crippen molar-refractivity contribution in [3.8, 4) is 0 Å². The SMILES string of the molecule is COC(=O)[C@@H](N)CCCCN.CP(N)(=O)O. The van der Waals surface area contributed by atoms with Crippen molar-refractivity contribution in [2.45, 2.75) is 25.3 Å². The lowest BCUT2D eigenvalue weighted by molar-refractivity contribution is -0.142. The highest BCUT2D eigenvalue weighted by Gasteiger charge is 2.11. The van der Waals surface area contributed by atoms with E-state index in [9.17, 15) is 9.36 Å². The Morgan fingerprint density at radius 3 is 2.25 bits per heavy atom. The zero-order chi connectivity index (χ0) is 13.2. The van der Waals surface area contributed by atoms with Gasteiger partial charge in [0, 0.05) is 6.66 Å². The summed E-state index contributed by atoms with van der Waals surface area (Å²) in [6.45, 7) is 1.72. The van der Waals surface area contributed by atoms with Gasteiger partial charge in [-0.2, -0.15) is 0 Å². The molecule has 98 valence electrons. The van der Waals surface area contributed by atoms with E-state index in [-0.39, 0.29) is 5.97 Å². The van der Waals surface area contributed by atoms with Crippen molar-refractivity contribution < 1.29 is 19.0 Å². The molecule has 0 aromatic rings. The Morgan fingerprint density at radius 1 is 1.50 bits per heavy atom. The maximum Gasteiger partial charge on any atom is 0.322 e. The third-order valence-corrected chi connectivity index (χ3v) is 1.47. The molecule has 8 heteroatoms. The molecule has 0 aromatic heterocycles. The van der Waals surface area contributed by atoms with Gasteiger partial charge >= 0.3 is 5.97 Å². The molecule has 0 radical (unpaired) electrons. The van der Waals surface area contributed by atoms with Gasteiger partial charge in [0.1, 0.15) is 6.04 Å². The summed E-state index contributed by atoms with van der Waals surface area (Å²) < 4.78 is 14.0. The number of methoxy groups -OCH3 is 1. The van der Waals surface area contributed by atoms with Crippen LogP contribution in [0.5, 0.6) is 0 Å². The van der Waals surface area contributed by atoms with E-state index in [1.165, 1.54) is 7.11 Å². The van der Waals surface area contributed by atoms with Crippen LogP contribution in [0.25, 0.3) is 0 Å². The molecule has 16 heavy (non-hydrogen) atoms. The maximum absolute atomic E-state index is 10.7. The summed E-state index contributed by atoms with van der Waals surface area (Å²) in [7, 11) is -1.80. The van der Waals surface area contributed by atoms with Crippen molar-refractivity contribution in [2.75, 3.05) is 20.3 Å². The van der Waals surface area contributed by atoms with E-state index in [2.05, 4.69) is 10.2 Å². The highest BCUT2D eigenvalue weighted by Crippen LogP contribution is 2.20. The molecule has 0 heterocycles. The van der Waals surface area contributed by atoms with Crippen LogP contribution in [0.4, 0.5) is 0 Å². The number of hydrogen-bond donors (Lipinski definition) is 4. The van der Waals surface area contributed by atoms with Crippen LogP contribution in [-0.2, 0) is 14.1 Å². The lowest BCUT2D eigenvalue weighted by Crippen LogP contribution is -2.31. The smallest absolute Gasteiger partial charge is 0.322 e. The molecule has 0 aliphatic rings. The van der Waals surface area contributed by atoms with Gasteiger partial charge in [0.05, 0.1) is 7.11 Å². The minimum atomic E-state index is -3.14. The fourth-order valence-electron chi connectivity index (χ4n) is 0.778. The van der Waals surface area contributed by atoms with Gasteiger partial charge in [-0.15, -0.1) is 0 Å². The molecule has 0 bridgehead atoms. The lowest BCUT2D eigenvalue weighted by atomic mass is 10.1. The predicted octanol–water partition coefficient (Wildman–Crippen LogP) is -0.624. The molecule has 0 spiro atoms. The summed E-state index contributed by atoms with van der Waals surface area (Å²) >= 11 is 0. The number of esters is 1. The topological polar surface area (TPSA) is 142 Å². The van der Waals surface area contributed by atoms with E-state index in [4.69, 9.17) is 16.4 Å². The van der Waals surface area contributed by atoms with Crippen LogP contribution in [0.15, 0.2) is 0 Å². The van der Waals surface area contributed by atoms with Gasteiger partial charge in [-0.25, -0.2) is 0 Å². The summed E-state index contributed by atoms with van der Waals surface area (Å²) in [5.74, 6) is -0.345. The Balaban J connectivity index is 0. The average Bonchev–Trinajstić information content (AvgIpc) is 2.14. The molecule has 0 aliphatic heterocycles. The van der Waals surface area contributed by atoms with E-state index in [0.29, 0.717) is 13.0 Å². The second-order valence-corrected chi connectivity index (χ2v) is 5.24. The van der Waals surface area contributed by atoms with Crippen LogP contribution >= 0.6 is 7.52 Å². The molecule has 2 atom stereocenters. The predicted molar refractivity (Wildman–Crippen MR) is 62.8 cm³/mol. The third-order valence-electron chi connectivity index (χ3n) is 1.47. The van der Waals surface area contributed by atoms with Gasteiger partial charge in [-0.3, -0.25) is 14.9 Å². The van der Waals surface area contributed by atoms with Crippen LogP contribution in [0.1, 0.15) is 19.3 Å². The molecular weight excluding hydrogens is 233 g/mol. The van der Waals surface area contributed by atoms with Gasteiger partial charge in [0.15, 0.2) is 0 Å². The van der Waals surface area contributed by atoms with Crippen molar-refractivity contribution in [2.24, 2.45) is 17.0 Å². The normalized spacial score (nSPS) is 15.4. The first kappa shape index (κ1) is 17.9. The fraction of sp³-hybridized carbons (Fsp3) is 0.875. The van der Waals surface area contributed by atoms with Crippen molar-refractivity contribution in [1.82, 2.24) is 0 Å². The minimum absolute atomic E-state index is 0.345. The molecule has 0 fully saturated rings. The number of hydrogen-bond acceptors (Lipinski definition) is 5. The van der Waals surface area contributed by atoms with Crippen LogP contribution in [0.3, 0.4) is 0 Å². The van der Waals surface area contributed by atoms with Gasteiger partial charge in [-0.05, 0) is 19.4 Å². The second kappa shape index (κ2) is 9.74. The van der Waals surface area contributed by atoms with E-state index in [0.717, 1.165) is 19.5 Å². The summed E-state index contributed by atoms with van der Waals surface area (Å²) in [6, 6.07) is -0.480. The van der Waals surface area contributed by atoms with E-state index in [1.807, 2.05) is 0 Å². The number of ether oxygens (including phenoxy) is 1. The molecular formula is C8H22N3O4P. The molecule has 7 N–H and O–H groups in total. The molecule has 0 saturated carbocycles. The molecule has 0 amide bonds. The standard InChI is InChI=1S/C7H16N2O2.CH6NO2P/c1-11-7(10)6(9)4-2-3-5-8;1-5(2,3)4/h6H,2-5,8-9H2,1H3;1H3,(H3,2,3,4)/t6-;/m0./s1. The van der Waals surface area contributed by atoms with Crippen LogP contribution < -0.4 is 17.0 Å². The molecule has 0 aromatic carbocycles. The van der Waals surface area contributed by atoms with Crippen molar-refractivity contribution in [3.05, 3.63) is 0 Å². The summed E-state index contributed by atoms with van der Waals surface area (Å²) in [4.78, 5) is 18.6. The van der Waals surface area contributed by atoms with Crippen LogP contribution in [0, 0.1) is 0 Å². The first-order chi connectivity index (χ1) is 7.22. The largest absolute Gasteiger partial charge is 0.468 e. The highest BCUT2D eigenvalue weighted by atomic mass is 31.2. The molecule has 0 aliphatic carbocycles. The molecule has 0 rings (SSSR count). The van der Waals surface area contributed by atoms with E-state index in [1.54, 1.807) is 0 Å². The summed E-state index contributed by atoms with van der Waals surface area (Å²) in [5.41, 5.74) is 15.2. The van der Waals surface area contributed by atoms with Gasteiger partial charge < -0.3 is 21.1 Å². The quantitative estimate of drug-likeness (QED) is 0.291. The second-order valence-electron chi connectivity index (χ2n) is 3.36.